The van der Waals surface area contributed by atoms with Gasteiger partial charge >= 0.3 is 0 Å². The Hall–Kier alpha value is -1.24. The third-order valence-electron chi connectivity index (χ3n) is 4.75. The minimum Gasteiger partial charge on any atom is -0.379 e. The first kappa shape index (κ1) is 12.5. The molecule has 6 nitrogen and oxygen atoms in total. The zero-order valence-electron chi connectivity index (χ0n) is 11.2. The van der Waals surface area contributed by atoms with Gasteiger partial charge in [-0.2, -0.15) is 0 Å². The van der Waals surface area contributed by atoms with Crippen molar-refractivity contribution in [1.29, 1.82) is 0 Å². The summed E-state index contributed by atoms with van der Waals surface area (Å²) in [6, 6.07) is 0. The summed E-state index contributed by atoms with van der Waals surface area (Å²) < 4.78 is 10.9. The highest BCUT2D eigenvalue weighted by molar-refractivity contribution is 6.06. The summed E-state index contributed by atoms with van der Waals surface area (Å²) in [7, 11) is 0. The van der Waals surface area contributed by atoms with E-state index in [1.807, 2.05) is 12.2 Å². The van der Waals surface area contributed by atoms with E-state index in [1.54, 1.807) is 0 Å². The molecule has 4 aliphatic heterocycles. The number of carbonyl (C=O) groups is 2. The monoisotopic (exact) mass is 278 g/mol. The van der Waals surface area contributed by atoms with Crippen LogP contribution in [-0.4, -0.2) is 73.2 Å². The highest BCUT2D eigenvalue weighted by Gasteiger charge is 2.60. The number of imide groups is 1. The second kappa shape index (κ2) is 4.65. The number of carbonyl (C=O) groups excluding carboxylic acids is 2. The zero-order valence-corrected chi connectivity index (χ0v) is 11.2. The normalized spacial score (nSPS) is 39.9. The van der Waals surface area contributed by atoms with E-state index in [0.29, 0.717) is 6.54 Å². The molecule has 4 heterocycles. The lowest BCUT2D eigenvalue weighted by Crippen LogP contribution is -2.44. The predicted octanol–water partition coefficient (Wildman–Crippen LogP) is -0.743. The molecule has 2 bridgehead atoms. The minimum atomic E-state index is -0.276. The smallest absolute Gasteiger partial charge is 0.236 e. The summed E-state index contributed by atoms with van der Waals surface area (Å²) in [5.74, 6) is -0.653. The molecule has 0 aliphatic carbocycles. The van der Waals surface area contributed by atoms with Gasteiger partial charge in [0.15, 0.2) is 0 Å². The Balaban J connectivity index is 1.42. The van der Waals surface area contributed by atoms with Crippen LogP contribution in [0.1, 0.15) is 0 Å². The number of ether oxygens (including phenoxy) is 2. The summed E-state index contributed by atoms with van der Waals surface area (Å²) in [4.78, 5) is 28.5. The second-order valence-corrected chi connectivity index (χ2v) is 5.78. The van der Waals surface area contributed by atoms with Gasteiger partial charge in [-0.1, -0.05) is 12.2 Å². The number of fused-ring (bicyclic) bond motifs is 5. The Morgan fingerprint density at radius 1 is 1.00 bits per heavy atom. The number of morpholine rings is 1. The largest absolute Gasteiger partial charge is 0.379 e. The van der Waals surface area contributed by atoms with Gasteiger partial charge in [0.05, 0.1) is 37.3 Å². The molecule has 2 amide bonds. The molecule has 0 saturated carbocycles. The fourth-order valence-corrected chi connectivity index (χ4v) is 3.65. The topological polar surface area (TPSA) is 59.1 Å². The average Bonchev–Trinajstić information content (AvgIpc) is 3.13. The molecule has 0 spiro atoms. The molecule has 3 saturated heterocycles. The van der Waals surface area contributed by atoms with Gasteiger partial charge in [0.25, 0.3) is 0 Å². The van der Waals surface area contributed by atoms with Gasteiger partial charge < -0.3 is 9.47 Å². The van der Waals surface area contributed by atoms with E-state index in [-0.39, 0.29) is 35.9 Å². The van der Waals surface area contributed by atoms with Crippen molar-refractivity contribution in [2.75, 3.05) is 39.4 Å². The summed E-state index contributed by atoms with van der Waals surface area (Å²) in [5.41, 5.74) is 0. The van der Waals surface area contributed by atoms with Crippen molar-refractivity contribution < 1.29 is 19.1 Å². The summed E-state index contributed by atoms with van der Waals surface area (Å²) in [5, 5.41) is 0. The van der Waals surface area contributed by atoms with Crippen molar-refractivity contribution >= 4 is 11.8 Å². The van der Waals surface area contributed by atoms with E-state index >= 15 is 0 Å². The Kier molecular flexibility index (Phi) is 2.90. The van der Waals surface area contributed by atoms with Crippen LogP contribution in [0.15, 0.2) is 12.2 Å². The van der Waals surface area contributed by atoms with Crippen molar-refractivity contribution in [1.82, 2.24) is 9.80 Å². The highest BCUT2D eigenvalue weighted by atomic mass is 16.5. The molecule has 20 heavy (non-hydrogen) atoms. The van der Waals surface area contributed by atoms with Crippen LogP contribution in [-0.2, 0) is 19.1 Å². The van der Waals surface area contributed by atoms with Gasteiger partial charge in [0.1, 0.15) is 0 Å². The molecule has 0 N–H and O–H groups in total. The molecule has 4 rings (SSSR count). The molecule has 0 aromatic heterocycles. The quantitative estimate of drug-likeness (QED) is 0.502. The lowest BCUT2D eigenvalue weighted by atomic mass is 9.85. The Morgan fingerprint density at radius 3 is 2.20 bits per heavy atom. The molecule has 4 atom stereocenters. The fourth-order valence-electron chi connectivity index (χ4n) is 3.65. The third kappa shape index (κ3) is 1.75. The van der Waals surface area contributed by atoms with Gasteiger partial charge in [0, 0.05) is 26.2 Å². The molecular formula is C14H18N2O4. The van der Waals surface area contributed by atoms with Crippen LogP contribution in [0.5, 0.6) is 0 Å². The Labute approximate surface area is 117 Å². The SMILES string of the molecule is O=C1[C@@H]2[C@@H](C(=O)N1CCN1CCOCC1)[C@H]1C=C[C@@H]2O1. The molecule has 3 fully saturated rings. The van der Waals surface area contributed by atoms with E-state index in [9.17, 15) is 9.59 Å². The third-order valence-corrected chi connectivity index (χ3v) is 4.75. The number of hydrogen-bond donors (Lipinski definition) is 0. The molecule has 4 aliphatic rings. The Bertz CT molecular complexity index is 442. The molecule has 0 aromatic rings. The number of hydrogen-bond acceptors (Lipinski definition) is 5. The standard InChI is InChI=1S/C14H18N2O4/c17-13-11-9-1-2-10(20-9)12(11)14(18)16(13)4-3-15-5-7-19-8-6-15/h1-2,9-12H,3-8H2/t9-,10+,11-,12-/m0/s1. The van der Waals surface area contributed by atoms with Crippen LogP contribution in [0.2, 0.25) is 0 Å². The average molecular weight is 278 g/mol. The van der Waals surface area contributed by atoms with Gasteiger partial charge in [-0.05, 0) is 0 Å². The van der Waals surface area contributed by atoms with Crippen molar-refractivity contribution in [3.8, 4) is 0 Å². The minimum absolute atomic E-state index is 0.0508. The molecule has 0 aromatic carbocycles. The molecule has 0 radical (unpaired) electrons. The highest BCUT2D eigenvalue weighted by Crippen LogP contribution is 2.44. The van der Waals surface area contributed by atoms with Crippen LogP contribution < -0.4 is 0 Å². The van der Waals surface area contributed by atoms with Crippen molar-refractivity contribution in [3.05, 3.63) is 12.2 Å². The van der Waals surface area contributed by atoms with Crippen LogP contribution in [0, 0.1) is 11.8 Å². The molecule has 6 heteroatoms. The van der Waals surface area contributed by atoms with E-state index < -0.39 is 0 Å². The number of nitrogens with zero attached hydrogens (tertiary/aromatic N) is 2. The van der Waals surface area contributed by atoms with E-state index in [1.165, 1.54) is 4.90 Å². The summed E-state index contributed by atoms with van der Waals surface area (Å²) in [6.07, 6.45) is 3.47. The fraction of sp³-hybridized carbons (Fsp3) is 0.714. The molecule has 0 unspecified atom stereocenters. The number of amides is 2. The van der Waals surface area contributed by atoms with Crippen molar-refractivity contribution in [2.24, 2.45) is 11.8 Å². The maximum absolute atomic E-state index is 12.4. The van der Waals surface area contributed by atoms with E-state index in [0.717, 1.165) is 32.8 Å². The number of rotatable bonds is 3. The first-order valence-corrected chi connectivity index (χ1v) is 7.25. The van der Waals surface area contributed by atoms with Gasteiger partial charge in [-0.15, -0.1) is 0 Å². The van der Waals surface area contributed by atoms with Gasteiger partial charge in [-0.3, -0.25) is 19.4 Å². The second-order valence-electron chi connectivity index (χ2n) is 5.78. The molecular weight excluding hydrogens is 260 g/mol. The van der Waals surface area contributed by atoms with Crippen LogP contribution in [0.3, 0.4) is 0 Å². The number of likely N-dealkylation sites (tertiary alicyclic amines) is 1. The molecule has 108 valence electrons. The first-order chi connectivity index (χ1) is 9.75. The van der Waals surface area contributed by atoms with Crippen LogP contribution in [0.25, 0.3) is 0 Å². The first-order valence-electron chi connectivity index (χ1n) is 7.25. The van der Waals surface area contributed by atoms with Crippen LogP contribution >= 0.6 is 0 Å². The van der Waals surface area contributed by atoms with Crippen molar-refractivity contribution in [2.45, 2.75) is 12.2 Å². The maximum atomic E-state index is 12.4. The van der Waals surface area contributed by atoms with E-state index in [2.05, 4.69) is 4.90 Å². The maximum Gasteiger partial charge on any atom is 0.236 e. The zero-order chi connectivity index (χ0) is 13.7. The van der Waals surface area contributed by atoms with Crippen LogP contribution in [0.4, 0.5) is 0 Å². The summed E-state index contributed by atoms with van der Waals surface area (Å²) in [6.45, 7) is 4.44. The predicted molar refractivity (Wildman–Crippen MR) is 68.8 cm³/mol. The lowest BCUT2D eigenvalue weighted by Gasteiger charge is -2.28. The van der Waals surface area contributed by atoms with E-state index in [4.69, 9.17) is 9.47 Å². The van der Waals surface area contributed by atoms with Gasteiger partial charge in [0.2, 0.25) is 11.8 Å². The Morgan fingerprint density at radius 2 is 1.60 bits per heavy atom. The van der Waals surface area contributed by atoms with Crippen molar-refractivity contribution in [3.63, 3.8) is 0 Å². The summed E-state index contributed by atoms with van der Waals surface area (Å²) >= 11 is 0. The lowest BCUT2D eigenvalue weighted by molar-refractivity contribution is -0.142. The van der Waals surface area contributed by atoms with Gasteiger partial charge in [-0.25, -0.2) is 0 Å².